The van der Waals surface area contributed by atoms with Gasteiger partial charge in [-0.3, -0.25) is 9.59 Å². The molecule has 0 spiro atoms. The number of ether oxygens (including phenoxy) is 2. The lowest BCUT2D eigenvalue weighted by molar-refractivity contribution is -0.145. The van der Waals surface area contributed by atoms with E-state index in [1.54, 1.807) is 6.92 Å². The SMILES string of the molecule is COC(=O)CNC(=O)C1(C)CCCO1. The van der Waals surface area contributed by atoms with Crippen molar-refractivity contribution in [2.45, 2.75) is 25.4 Å². The van der Waals surface area contributed by atoms with Crippen molar-refractivity contribution in [3.63, 3.8) is 0 Å². The normalized spacial score (nSPS) is 25.9. The Morgan fingerprint density at radius 2 is 2.29 bits per heavy atom. The van der Waals surface area contributed by atoms with Crippen LogP contribution in [0.25, 0.3) is 0 Å². The number of carbonyl (C=O) groups excluding carboxylic acids is 2. The zero-order valence-corrected chi connectivity index (χ0v) is 8.46. The average Bonchev–Trinajstić information content (AvgIpc) is 2.62. The molecule has 1 fully saturated rings. The molecule has 0 aromatic rings. The summed E-state index contributed by atoms with van der Waals surface area (Å²) in [6.07, 6.45) is 1.57. The quantitative estimate of drug-likeness (QED) is 0.645. The Morgan fingerprint density at radius 3 is 2.79 bits per heavy atom. The Labute approximate surface area is 82.8 Å². The van der Waals surface area contributed by atoms with Crippen LogP contribution in [0.4, 0.5) is 0 Å². The van der Waals surface area contributed by atoms with Gasteiger partial charge in [0.25, 0.3) is 5.91 Å². The van der Waals surface area contributed by atoms with Crippen LogP contribution in [0.5, 0.6) is 0 Å². The number of hydrogen-bond donors (Lipinski definition) is 1. The molecule has 5 heteroatoms. The lowest BCUT2D eigenvalue weighted by Crippen LogP contribution is -2.45. The van der Waals surface area contributed by atoms with Crippen molar-refractivity contribution in [3.8, 4) is 0 Å². The maximum absolute atomic E-state index is 11.5. The van der Waals surface area contributed by atoms with Crippen molar-refractivity contribution in [2.75, 3.05) is 20.3 Å². The molecule has 80 valence electrons. The van der Waals surface area contributed by atoms with E-state index >= 15 is 0 Å². The van der Waals surface area contributed by atoms with E-state index in [0.29, 0.717) is 13.0 Å². The molecule has 0 radical (unpaired) electrons. The summed E-state index contributed by atoms with van der Waals surface area (Å²) in [5.41, 5.74) is -0.770. The van der Waals surface area contributed by atoms with Crippen LogP contribution < -0.4 is 5.32 Å². The summed E-state index contributed by atoms with van der Waals surface area (Å²) in [4.78, 5) is 22.3. The number of esters is 1. The molecule has 0 saturated carbocycles. The Morgan fingerprint density at radius 1 is 1.57 bits per heavy atom. The second kappa shape index (κ2) is 4.41. The van der Waals surface area contributed by atoms with Gasteiger partial charge < -0.3 is 14.8 Å². The van der Waals surface area contributed by atoms with Crippen molar-refractivity contribution in [1.29, 1.82) is 0 Å². The molecule has 0 aromatic carbocycles. The first-order chi connectivity index (χ1) is 6.58. The molecule has 1 unspecified atom stereocenters. The van der Waals surface area contributed by atoms with Gasteiger partial charge in [0, 0.05) is 6.61 Å². The maximum atomic E-state index is 11.5. The predicted octanol–water partition coefficient (Wildman–Crippen LogP) is -0.155. The topological polar surface area (TPSA) is 64.6 Å². The Kier molecular flexibility index (Phi) is 3.46. The molecule has 0 aromatic heterocycles. The molecule has 1 heterocycles. The molecule has 1 amide bonds. The highest BCUT2D eigenvalue weighted by Crippen LogP contribution is 2.24. The van der Waals surface area contributed by atoms with Crippen LogP contribution in [-0.2, 0) is 19.1 Å². The van der Waals surface area contributed by atoms with E-state index in [4.69, 9.17) is 4.74 Å². The van der Waals surface area contributed by atoms with Crippen LogP contribution in [-0.4, -0.2) is 37.7 Å². The van der Waals surface area contributed by atoms with E-state index in [-0.39, 0.29) is 12.5 Å². The van der Waals surface area contributed by atoms with Gasteiger partial charge in [-0.15, -0.1) is 0 Å². The molecule has 1 rings (SSSR count). The summed E-state index contributed by atoms with van der Waals surface area (Å²) in [7, 11) is 1.28. The van der Waals surface area contributed by atoms with Crippen LogP contribution in [0.1, 0.15) is 19.8 Å². The van der Waals surface area contributed by atoms with E-state index in [1.165, 1.54) is 7.11 Å². The van der Waals surface area contributed by atoms with Crippen LogP contribution in [0, 0.1) is 0 Å². The monoisotopic (exact) mass is 201 g/mol. The van der Waals surface area contributed by atoms with E-state index in [0.717, 1.165) is 6.42 Å². The molecule has 1 N–H and O–H groups in total. The van der Waals surface area contributed by atoms with Crippen molar-refractivity contribution in [2.24, 2.45) is 0 Å². The van der Waals surface area contributed by atoms with E-state index in [9.17, 15) is 9.59 Å². The number of nitrogens with one attached hydrogen (secondary N) is 1. The smallest absolute Gasteiger partial charge is 0.325 e. The predicted molar refractivity (Wildman–Crippen MR) is 48.6 cm³/mol. The molecular weight excluding hydrogens is 186 g/mol. The van der Waals surface area contributed by atoms with Gasteiger partial charge in [0.05, 0.1) is 7.11 Å². The highest BCUT2D eigenvalue weighted by Gasteiger charge is 2.37. The minimum atomic E-state index is -0.770. The first kappa shape index (κ1) is 11.0. The van der Waals surface area contributed by atoms with Crippen molar-refractivity contribution in [1.82, 2.24) is 5.32 Å². The molecule has 14 heavy (non-hydrogen) atoms. The summed E-state index contributed by atoms with van der Waals surface area (Å²) in [6.45, 7) is 2.23. The Hall–Kier alpha value is -1.10. The zero-order chi connectivity index (χ0) is 10.6. The fraction of sp³-hybridized carbons (Fsp3) is 0.778. The summed E-state index contributed by atoms with van der Waals surface area (Å²) in [6, 6.07) is 0. The van der Waals surface area contributed by atoms with Crippen LogP contribution >= 0.6 is 0 Å². The van der Waals surface area contributed by atoms with Gasteiger partial charge in [0.2, 0.25) is 0 Å². The first-order valence-electron chi connectivity index (χ1n) is 4.57. The molecule has 1 aliphatic rings. The molecule has 1 aliphatic heterocycles. The van der Waals surface area contributed by atoms with Gasteiger partial charge in [-0.05, 0) is 19.8 Å². The summed E-state index contributed by atoms with van der Waals surface area (Å²) >= 11 is 0. The number of carbonyl (C=O) groups is 2. The highest BCUT2D eigenvalue weighted by molar-refractivity contribution is 5.88. The second-order valence-corrected chi connectivity index (χ2v) is 3.44. The standard InChI is InChI=1S/C9H15NO4/c1-9(4-3-5-14-9)8(12)10-6-7(11)13-2/h3-6H2,1-2H3,(H,10,12). The third-order valence-corrected chi connectivity index (χ3v) is 2.32. The lowest BCUT2D eigenvalue weighted by atomic mass is 10.0. The number of hydrogen-bond acceptors (Lipinski definition) is 4. The summed E-state index contributed by atoms with van der Waals surface area (Å²) < 4.78 is 9.71. The van der Waals surface area contributed by atoms with E-state index in [1.807, 2.05) is 0 Å². The van der Waals surface area contributed by atoms with Gasteiger partial charge in [-0.2, -0.15) is 0 Å². The molecule has 1 atom stereocenters. The third-order valence-electron chi connectivity index (χ3n) is 2.32. The molecule has 5 nitrogen and oxygen atoms in total. The van der Waals surface area contributed by atoms with Crippen LogP contribution in [0.3, 0.4) is 0 Å². The molecule has 1 saturated heterocycles. The minimum absolute atomic E-state index is 0.103. The number of rotatable bonds is 3. The van der Waals surface area contributed by atoms with Gasteiger partial charge in [-0.25, -0.2) is 0 Å². The molecular formula is C9H15NO4. The van der Waals surface area contributed by atoms with Gasteiger partial charge in [-0.1, -0.05) is 0 Å². The largest absolute Gasteiger partial charge is 0.468 e. The van der Waals surface area contributed by atoms with Crippen LogP contribution in [0.15, 0.2) is 0 Å². The first-order valence-corrected chi connectivity index (χ1v) is 4.57. The van der Waals surface area contributed by atoms with E-state index in [2.05, 4.69) is 10.1 Å². The van der Waals surface area contributed by atoms with E-state index < -0.39 is 11.6 Å². The fourth-order valence-corrected chi connectivity index (χ4v) is 1.37. The fourth-order valence-electron chi connectivity index (χ4n) is 1.37. The number of amides is 1. The lowest BCUT2D eigenvalue weighted by Gasteiger charge is -2.21. The van der Waals surface area contributed by atoms with Crippen molar-refractivity contribution in [3.05, 3.63) is 0 Å². The minimum Gasteiger partial charge on any atom is -0.468 e. The summed E-state index contributed by atoms with van der Waals surface area (Å²) in [5.74, 6) is -0.708. The van der Waals surface area contributed by atoms with Gasteiger partial charge in [0.15, 0.2) is 0 Å². The third kappa shape index (κ3) is 2.45. The second-order valence-electron chi connectivity index (χ2n) is 3.44. The summed E-state index contributed by atoms with van der Waals surface area (Å²) in [5, 5.41) is 2.48. The van der Waals surface area contributed by atoms with Gasteiger partial charge >= 0.3 is 5.97 Å². The zero-order valence-electron chi connectivity index (χ0n) is 8.46. The van der Waals surface area contributed by atoms with Crippen molar-refractivity contribution >= 4 is 11.9 Å². The van der Waals surface area contributed by atoms with Crippen LogP contribution in [0.2, 0.25) is 0 Å². The maximum Gasteiger partial charge on any atom is 0.325 e. The van der Waals surface area contributed by atoms with Gasteiger partial charge in [0.1, 0.15) is 12.1 Å². The average molecular weight is 201 g/mol. The Balaban J connectivity index is 2.38. The van der Waals surface area contributed by atoms with Crippen molar-refractivity contribution < 1.29 is 19.1 Å². The molecule has 0 aliphatic carbocycles. The molecule has 0 bridgehead atoms. The Bertz CT molecular complexity index is 233. The highest BCUT2D eigenvalue weighted by atomic mass is 16.5. The number of methoxy groups -OCH3 is 1.